The molecule has 0 atom stereocenters. The van der Waals surface area contributed by atoms with Crippen LogP contribution >= 0.6 is 12.2 Å². The Labute approximate surface area is 94.7 Å². The molecular formula is C7HF5N4S. The van der Waals surface area contributed by atoms with Gasteiger partial charge in [-0.1, -0.05) is 10.3 Å². The highest BCUT2D eigenvalue weighted by Gasteiger charge is 2.27. The van der Waals surface area contributed by atoms with Gasteiger partial charge in [-0.25, -0.2) is 26.6 Å². The summed E-state index contributed by atoms with van der Waals surface area (Å²) in [6, 6.07) is 0. The average molecular weight is 268 g/mol. The average Bonchev–Trinajstić information content (AvgIpc) is 2.71. The Morgan fingerprint density at radius 2 is 1.35 bits per heavy atom. The molecule has 2 aromatic rings. The van der Waals surface area contributed by atoms with Gasteiger partial charge in [-0.2, -0.15) is 5.21 Å². The third-order valence-electron chi connectivity index (χ3n) is 1.88. The van der Waals surface area contributed by atoms with E-state index >= 15 is 0 Å². The first kappa shape index (κ1) is 11.6. The number of aromatic nitrogens is 4. The zero-order valence-corrected chi connectivity index (χ0v) is 8.46. The van der Waals surface area contributed by atoms with Crippen LogP contribution in [0.1, 0.15) is 0 Å². The maximum Gasteiger partial charge on any atom is 0.243 e. The van der Waals surface area contributed by atoms with E-state index in [1.54, 1.807) is 0 Å². The van der Waals surface area contributed by atoms with Crippen LogP contribution in [-0.2, 0) is 0 Å². The van der Waals surface area contributed by atoms with Gasteiger partial charge in [0, 0.05) is 0 Å². The quantitative estimate of drug-likeness (QED) is 0.372. The van der Waals surface area contributed by atoms with E-state index in [4.69, 9.17) is 0 Å². The van der Waals surface area contributed by atoms with Gasteiger partial charge < -0.3 is 0 Å². The first-order chi connectivity index (χ1) is 7.95. The molecule has 1 aromatic carbocycles. The second kappa shape index (κ2) is 3.87. The maximum atomic E-state index is 13.3. The third-order valence-corrected chi connectivity index (χ3v) is 2.15. The minimum Gasteiger partial charge on any atom is -0.203 e. The van der Waals surface area contributed by atoms with Gasteiger partial charge in [-0.3, -0.25) is 0 Å². The number of nitrogens with zero attached hydrogens (tertiary/aromatic N) is 3. The lowest BCUT2D eigenvalue weighted by Crippen LogP contribution is -2.11. The number of halogens is 5. The molecular weight excluding hydrogens is 267 g/mol. The lowest BCUT2D eigenvalue weighted by molar-refractivity contribution is 0.373. The van der Waals surface area contributed by atoms with Crippen LogP contribution in [-0.4, -0.2) is 20.2 Å². The summed E-state index contributed by atoms with van der Waals surface area (Å²) < 4.78 is 64.9. The second-order valence-electron chi connectivity index (χ2n) is 2.84. The summed E-state index contributed by atoms with van der Waals surface area (Å²) in [5.74, 6) is -10.4. The van der Waals surface area contributed by atoms with Gasteiger partial charge in [0.15, 0.2) is 23.3 Å². The molecule has 10 heteroatoms. The predicted octanol–water partition coefficient (Wildman–Crippen LogP) is 2.02. The van der Waals surface area contributed by atoms with Gasteiger partial charge in [0.25, 0.3) is 0 Å². The number of hydrogen-bond acceptors (Lipinski definition) is 3. The van der Waals surface area contributed by atoms with Crippen molar-refractivity contribution in [3.05, 3.63) is 33.9 Å². The molecule has 4 nitrogen and oxygen atoms in total. The van der Waals surface area contributed by atoms with Gasteiger partial charge in [0.1, 0.15) is 5.69 Å². The summed E-state index contributed by atoms with van der Waals surface area (Å²) in [6.45, 7) is 0. The largest absolute Gasteiger partial charge is 0.243 e. The molecule has 2 rings (SSSR count). The van der Waals surface area contributed by atoms with Crippen LogP contribution in [0.25, 0.3) is 5.69 Å². The molecule has 0 fully saturated rings. The summed E-state index contributed by atoms with van der Waals surface area (Å²) >= 11 is 4.49. The lowest BCUT2D eigenvalue weighted by atomic mass is 10.2. The summed E-state index contributed by atoms with van der Waals surface area (Å²) in [4.78, 5) is 0. The highest BCUT2D eigenvalue weighted by atomic mass is 32.1. The van der Waals surface area contributed by atoms with E-state index in [-0.39, 0.29) is 0 Å². The fourth-order valence-electron chi connectivity index (χ4n) is 1.13. The van der Waals surface area contributed by atoms with Crippen LogP contribution in [0, 0.1) is 33.9 Å². The van der Waals surface area contributed by atoms with Crippen LogP contribution in [0.2, 0.25) is 0 Å². The summed E-state index contributed by atoms with van der Waals surface area (Å²) in [5, 5.41) is 8.12. The molecule has 1 aromatic heterocycles. The molecule has 0 radical (unpaired) electrons. The van der Waals surface area contributed by atoms with Crippen LogP contribution < -0.4 is 0 Å². The van der Waals surface area contributed by atoms with Crippen molar-refractivity contribution >= 4 is 12.2 Å². The Bertz CT molecular complexity index is 619. The molecule has 0 saturated heterocycles. The molecule has 1 heterocycles. The van der Waals surface area contributed by atoms with Crippen LogP contribution in [0.5, 0.6) is 0 Å². The number of benzene rings is 1. The molecule has 0 unspecified atom stereocenters. The van der Waals surface area contributed by atoms with Crippen molar-refractivity contribution in [2.24, 2.45) is 0 Å². The molecule has 0 aliphatic heterocycles. The number of tetrazole rings is 1. The first-order valence-corrected chi connectivity index (χ1v) is 4.38. The Hall–Kier alpha value is -1.84. The number of aromatic amines is 1. The Morgan fingerprint density at radius 3 is 1.76 bits per heavy atom. The fourth-order valence-corrected chi connectivity index (χ4v) is 1.31. The maximum absolute atomic E-state index is 13.3. The van der Waals surface area contributed by atoms with Crippen molar-refractivity contribution in [1.82, 2.24) is 20.2 Å². The number of rotatable bonds is 1. The van der Waals surface area contributed by atoms with Gasteiger partial charge in [0.05, 0.1) is 0 Å². The van der Waals surface area contributed by atoms with Crippen molar-refractivity contribution in [1.29, 1.82) is 0 Å². The molecule has 0 aliphatic rings. The minimum absolute atomic E-state index is 0.367. The molecule has 0 bridgehead atoms. The summed E-state index contributed by atoms with van der Waals surface area (Å²) in [5.41, 5.74) is -1.25. The zero-order valence-electron chi connectivity index (χ0n) is 7.64. The predicted molar refractivity (Wildman–Crippen MR) is 46.3 cm³/mol. The van der Waals surface area contributed by atoms with Gasteiger partial charge in [0.2, 0.25) is 10.6 Å². The SMILES string of the molecule is Fc1c(F)c(F)c(-n2[nH]nnc2=S)c(F)c1F. The highest BCUT2D eigenvalue weighted by molar-refractivity contribution is 7.71. The smallest absolute Gasteiger partial charge is 0.203 e. The molecule has 0 saturated carbocycles. The number of H-pyrrole nitrogens is 1. The topological polar surface area (TPSA) is 46.5 Å². The fraction of sp³-hybridized carbons (Fsp3) is 0. The molecule has 90 valence electrons. The highest BCUT2D eigenvalue weighted by Crippen LogP contribution is 2.25. The zero-order chi connectivity index (χ0) is 12.7. The van der Waals surface area contributed by atoms with Crippen molar-refractivity contribution in [2.75, 3.05) is 0 Å². The Balaban J connectivity index is 2.89. The van der Waals surface area contributed by atoms with E-state index in [9.17, 15) is 22.0 Å². The summed E-state index contributed by atoms with van der Waals surface area (Å²) in [6.07, 6.45) is 0. The molecule has 17 heavy (non-hydrogen) atoms. The van der Waals surface area contributed by atoms with E-state index in [0.717, 1.165) is 0 Å². The molecule has 0 spiro atoms. The van der Waals surface area contributed by atoms with Crippen molar-refractivity contribution in [2.45, 2.75) is 0 Å². The monoisotopic (exact) mass is 268 g/mol. The summed E-state index contributed by atoms with van der Waals surface area (Å²) in [7, 11) is 0. The minimum atomic E-state index is -2.25. The standard InChI is InChI=1S/C7HF5N4S/c8-1-2(9)4(11)6(5(12)3(1)10)16-7(17)13-14-15-16/h(H,13,15,17). The number of nitrogens with one attached hydrogen (secondary N) is 1. The van der Waals surface area contributed by atoms with Crippen LogP contribution in [0.15, 0.2) is 0 Å². The molecule has 0 aliphatic carbocycles. The van der Waals surface area contributed by atoms with Crippen molar-refractivity contribution < 1.29 is 22.0 Å². The van der Waals surface area contributed by atoms with E-state index in [0.29, 0.717) is 4.68 Å². The Morgan fingerprint density at radius 1 is 0.882 bits per heavy atom. The van der Waals surface area contributed by atoms with E-state index in [2.05, 4.69) is 22.5 Å². The molecule has 1 N–H and O–H groups in total. The first-order valence-electron chi connectivity index (χ1n) is 3.97. The van der Waals surface area contributed by atoms with Crippen LogP contribution in [0.3, 0.4) is 0 Å². The Kier molecular flexibility index (Phi) is 2.65. The lowest BCUT2D eigenvalue weighted by Gasteiger charge is -2.07. The number of hydrogen-bond donors (Lipinski definition) is 1. The third kappa shape index (κ3) is 1.60. The van der Waals surface area contributed by atoms with Gasteiger partial charge >= 0.3 is 0 Å². The normalized spacial score (nSPS) is 10.9. The van der Waals surface area contributed by atoms with Crippen LogP contribution in [0.4, 0.5) is 22.0 Å². The van der Waals surface area contributed by atoms with Crippen molar-refractivity contribution in [3.8, 4) is 5.69 Å². The molecule has 0 amide bonds. The van der Waals surface area contributed by atoms with Gasteiger partial charge in [-0.05, 0) is 12.2 Å². The van der Waals surface area contributed by atoms with E-state index < -0.39 is 39.5 Å². The second-order valence-corrected chi connectivity index (χ2v) is 3.20. The van der Waals surface area contributed by atoms with Gasteiger partial charge in [-0.15, -0.1) is 0 Å². The van der Waals surface area contributed by atoms with E-state index in [1.165, 1.54) is 0 Å². The van der Waals surface area contributed by atoms with Crippen molar-refractivity contribution in [3.63, 3.8) is 0 Å². The van der Waals surface area contributed by atoms with E-state index in [1.807, 2.05) is 5.21 Å².